The SMILES string of the molecule is CC1CCN(Cc2csc(NC(=O)c3csc(-c4ccccc4F)n3)n2)CC1. The zero-order valence-corrected chi connectivity index (χ0v) is 17.2. The molecular weight excluding hydrogens is 395 g/mol. The van der Waals surface area contributed by atoms with Crippen LogP contribution in [0.25, 0.3) is 10.6 Å². The Morgan fingerprint density at radius 2 is 2.00 bits per heavy atom. The fourth-order valence-electron chi connectivity index (χ4n) is 3.18. The van der Waals surface area contributed by atoms with Crippen molar-refractivity contribution in [2.45, 2.75) is 26.3 Å². The van der Waals surface area contributed by atoms with E-state index in [1.165, 1.54) is 41.6 Å². The van der Waals surface area contributed by atoms with E-state index in [2.05, 4.69) is 27.1 Å². The summed E-state index contributed by atoms with van der Waals surface area (Å²) in [5, 5.41) is 7.48. The van der Waals surface area contributed by atoms with Gasteiger partial charge >= 0.3 is 0 Å². The number of aromatic nitrogens is 2. The predicted molar refractivity (Wildman–Crippen MR) is 111 cm³/mol. The van der Waals surface area contributed by atoms with E-state index in [0.717, 1.165) is 31.2 Å². The number of piperidine rings is 1. The van der Waals surface area contributed by atoms with Crippen LogP contribution in [0.2, 0.25) is 0 Å². The highest BCUT2D eigenvalue weighted by Crippen LogP contribution is 2.27. The molecule has 1 aromatic carbocycles. The van der Waals surface area contributed by atoms with Gasteiger partial charge in [-0.3, -0.25) is 15.0 Å². The van der Waals surface area contributed by atoms with E-state index in [4.69, 9.17) is 0 Å². The van der Waals surface area contributed by atoms with Crippen molar-refractivity contribution in [2.24, 2.45) is 5.92 Å². The van der Waals surface area contributed by atoms with Crippen LogP contribution in [0.15, 0.2) is 35.0 Å². The minimum Gasteiger partial charge on any atom is -0.297 e. The average Bonchev–Trinajstić information content (AvgIpc) is 3.34. The van der Waals surface area contributed by atoms with E-state index >= 15 is 0 Å². The van der Waals surface area contributed by atoms with Crippen LogP contribution in [0.5, 0.6) is 0 Å². The van der Waals surface area contributed by atoms with Crippen molar-refractivity contribution < 1.29 is 9.18 Å². The monoisotopic (exact) mass is 416 g/mol. The van der Waals surface area contributed by atoms with E-state index in [0.29, 0.717) is 15.7 Å². The molecule has 2 aromatic heterocycles. The second kappa shape index (κ2) is 8.46. The molecule has 0 unspecified atom stereocenters. The second-order valence-corrected chi connectivity index (χ2v) is 8.79. The van der Waals surface area contributed by atoms with Crippen molar-refractivity contribution >= 4 is 33.7 Å². The van der Waals surface area contributed by atoms with Crippen LogP contribution in [0.3, 0.4) is 0 Å². The third-order valence-electron chi connectivity index (χ3n) is 4.88. The number of hydrogen-bond acceptors (Lipinski definition) is 6. The highest BCUT2D eigenvalue weighted by molar-refractivity contribution is 7.14. The molecule has 4 rings (SSSR count). The van der Waals surface area contributed by atoms with Gasteiger partial charge in [-0.25, -0.2) is 14.4 Å². The zero-order chi connectivity index (χ0) is 19.5. The third-order valence-corrected chi connectivity index (χ3v) is 6.56. The standard InChI is InChI=1S/C20H21FN4OS2/c1-13-6-8-25(9-7-13)10-14-11-28-20(22-14)24-18(26)17-12-27-19(23-17)15-4-2-3-5-16(15)21/h2-5,11-13H,6-10H2,1H3,(H,22,24,26). The van der Waals surface area contributed by atoms with Gasteiger partial charge in [0.05, 0.1) is 5.69 Å². The molecule has 1 aliphatic heterocycles. The van der Waals surface area contributed by atoms with Crippen LogP contribution in [-0.2, 0) is 6.54 Å². The number of benzene rings is 1. The molecule has 0 saturated carbocycles. The number of nitrogens with zero attached hydrogens (tertiary/aromatic N) is 3. The summed E-state index contributed by atoms with van der Waals surface area (Å²) in [4.78, 5) is 23.7. The molecule has 0 spiro atoms. The Balaban J connectivity index is 1.38. The van der Waals surface area contributed by atoms with Gasteiger partial charge < -0.3 is 0 Å². The second-order valence-electron chi connectivity index (χ2n) is 7.07. The minimum absolute atomic E-state index is 0.269. The summed E-state index contributed by atoms with van der Waals surface area (Å²) in [6, 6.07) is 6.42. The molecule has 3 aromatic rings. The van der Waals surface area contributed by atoms with E-state index in [9.17, 15) is 9.18 Å². The summed E-state index contributed by atoms with van der Waals surface area (Å²) in [7, 11) is 0. The number of thiazole rings is 2. The number of anilines is 1. The Morgan fingerprint density at radius 3 is 2.79 bits per heavy atom. The van der Waals surface area contributed by atoms with Crippen molar-refractivity contribution in [3.63, 3.8) is 0 Å². The lowest BCUT2D eigenvalue weighted by Gasteiger charge is -2.29. The van der Waals surface area contributed by atoms with Gasteiger partial charge in [-0.05, 0) is 44.0 Å². The average molecular weight is 417 g/mol. The molecule has 0 radical (unpaired) electrons. The van der Waals surface area contributed by atoms with E-state index < -0.39 is 0 Å². The highest BCUT2D eigenvalue weighted by Gasteiger charge is 2.18. The summed E-state index contributed by atoms with van der Waals surface area (Å²) in [5.41, 5.74) is 1.64. The van der Waals surface area contributed by atoms with Crippen molar-refractivity contribution in [1.82, 2.24) is 14.9 Å². The normalized spacial score (nSPS) is 15.6. The molecule has 0 aliphatic carbocycles. The van der Waals surface area contributed by atoms with Gasteiger partial charge in [0, 0.05) is 22.9 Å². The van der Waals surface area contributed by atoms with E-state index in [1.807, 2.05) is 5.38 Å². The van der Waals surface area contributed by atoms with Crippen LogP contribution in [0.4, 0.5) is 9.52 Å². The fraction of sp³-hybridized carbons (Fsp3) is 0.350. The molecule has 8 heteroatoms. The number of likely N-dealkylation sites (tertiary alicyclic amines) is 1. The molecule has 1 saturated heterocycles. The molecule has 3 heterocycles. The molecule has 146 valence electrons. The van der Waals surface area contributed by atoms with Gasteiger partial charge in [0.25, 0.3) is 5.91 Å². The van der Waals surface area contributed by atoms with Gasteiger partial charge in [0.1, 0.15) is 16.5 Å². The first kappa shape index (κ1) is 19.2. The van der Waals surface area contributed by atoms with Crippen LogP contribution >= 0.6 is 22.7 Å². The maximum Gasteiger partial charge on any atom is 0.276 e. The fourth-order valence-corrected chi connectivity index (χ4v) is 4.71. The molecule has 0 atom stereocenters. The van der Waals surface area contributed by atoms with Gasteiger partial charge in [-0.1, -0.05) is 19.1 Å². The molecule has 1 amide bonds. The molecule has 0 bridgehead atoms. The van der Waals surface area contributed by atoms with E-state index in [1.54, 1.807) is 23.6 Å². The Bertz CT molecular complexity index is 963. The number of amides is 1. The van der Waals surface area contributed by atoms with Crippen molar-refractivity contribution in [2.75, 3.05) is 18.4 Å². The number of hydrogen-bond donors (Lipinski definition) is 1. The third kappa shape index (κ3) is 4.45. The van der Waals surface area contributed by atoms with Gasteiger partial charge in [0.15, 0.2) is 5.13 Å². The first-order chi connectivity index (χ1) is 13.6. The maximum atomic E-state index is 13.9. The summed E-state index contributed by atoms with van der Waals surface area (Å²) >= 11 is 2.66. The minimum atomic E-state index is -0.347. The molecular formula is C20H21FN4OS2. The number of nitrogens with one attached hydrogen (secondary N) is 1. The van der Waals surface area contributed by atoms with Gasteiger partial charge in [-0.15, -0.1) is 22.7 Å². The quantitative estimate of drug-likeness (QED) is 0.643. The summed E-state index contributed by atoms with van der Waals surface area (Å²) in [6.07, 6.45) is 2.45. The smallest absolute Gasteiger partial charge is 0.276 e. The van der Waals surface area contributed by atoms with Crippen LogP contribution < -0.4 is 5.32 Å². The molecule has 1 N–H and O–H groups in total. The topological polar surface area (TPSA) is 58.1 Å². The zero-order valence-electron chi connectivity index (χ0n) is 15.5. The van der Waals surface area contributed by atoms with E-state index in [-0.39, 0.29) is 17.4 Å². The molecule has 5 nitrogen and oxygen atoms in total. The summed E-state index contributed by atoms with van der Waals surface area (Å²) in [6.45, 7) is 5.30. The van der Waals surface area contributed by atoms with Crippen LogP contribution in [0.1, 0.15) is 35.9 Å². The van der Waals surface area contributed by atoms with Crippen molar-refractivity contribution in [3.05, 3.63) is 52.2 Å². The number of rotatable bonds is 5. The molecule has 1 fully saturated rings. The lowest BCUT2D eigenvalue weighted by Crippen LogP contribution is -2.32. The van der Waals surface area contributed by atoms with Gasteiger partial charge in [-0.2, -0.15) is 0 Å². The maximum absolute atomic E-state index is 13.9. The van der Waals surface area contributed by atoms with Crippen molar-refractivity contribution in [1.29, 1.82) is 0 Å². The first-order valence-electron chi connectivity index (χ1n) is 9.27. The molecule has 1 aliphatic rings. The summed E-state index contributed by atoms with van der Waals surface area (Å²) < 4.78 is 13.9. The predicted octanol–water partition coefficient (Wildman–Crippen LogP) is 4.89. The Hall–Kier alpha value is -2.16. The van der Waals surface area contributed by atoms with Crippen LogP contribution in [-0.4, -0.2) is 33.9 Å². The number of carbonyl (C=O) groups excluding carboxylic acids is 1. The Kier molecular flexibility index (Phi) is 5.79. The van der Waals surface area contributed by atoms with Gasteiger partial charge in [0.2, 0.25) is 0 Å². The molecule has 28 heavy (non-hydrogen) atoms. The Labute approximate surface area is 171 Å². The number of carbonyl (C=O) groups is 1. The first-order valence-corrected chi connectivity index (χ1v) is 11.0. The largest absolute Gasteiger partial charge is 0.297 e. The Morgan fingerprint density at radius 1 is 1.21 bits per heavy atom. The van der Waals surface area contributed by atoms with Crippen LogP contribution in [0, 0.1) is 11.7 Å². The lowest BCUT2D eigenvalue weighted by atomic mass is 9.99. The highest BCUT2D eigenvalue weighted by atomic mass is 32.1. The number of halogens is 1. The summed E-state index contributed by atoms with van der Waals surface area (Å²) in [5.74, 6) is 0.126. The van der Waals surface area contributed by atoms with Crippen molar-refractivity contribution in [3.8, 4) is 10.6 Å². The lowest BCUT2D eigenvalue weighted by molar-refractivity contribution is 0.102.